The molecule has 3 aromatic rings. The molecule has 2 aromatic carbocycles. The molecule has 140 valence electrons. The van der Waals surface area contributed by atoms with Crippen LogP contribution in [-0.2, 0) is 21.8 Å². The van der Waals surface area contributed by atoms with Crippen molar-refractivity contribution in [3.8, 4) is 11.1 Å². The van der Waals surface area contributed by atoms with Crippen LogP contribution in [-0.4, -0.2) is 22.8 Å². The Kier molecular flexibility index (Phi) is 4.58. The second kappa shape index (κ2) is 6.91. The van der Waals surface area contributed by atoms with Gasteiger partial charge < -0.3 is 14.0 Å². The van der Waals surface area contributed by atoms with Crippen LogP contribution in [0.2, 0.25) is 0 Å². The van der Waals surface area contributed by atoms with Gasteiger partial charge in [0, 0.05) is 23.4 Å². The zero-order valence-corrected chi connectivity index (χ0v) is 15.6. The molecule has 0 spiro atoms. The predicted molar refractivity (Wildman–Crippen MR) is 101 cm³/mol. The van der Waals surface area contributed by atoms with Crippen LogP contribution in [0.5, 0.6) is 0 Å². The second-order valence-corrected chi connectivity index (χ2v) is 7.81. The largest absolute Gasteiger partial charge is 0.344 e. The first kappa shape index (κ1) is 17.9. The highest BCUT2D eigenvalue weighted by molar-refractivity contribution is 5.63. The molecule has 0 radical (unpaired) electrons. The third-order valence-corrected chi connectivity index (χ3v) is 4.84. The molecule has 0 aliphatic carbocycles. The number of aromatic nitrogens is 2. The maximum atomic E-state index is 13.2. The number of hydrogen-bond donors (Lipinski definition) is 0. The molecule has 0 saturated carbocycles. The molecule has 0 amide bonds. The Hall–Kier alpha value is -2.50. The lowest BCUT2D eigenvalue weighted by Gasteiger charge is -2.43. The minimum atomic E-state index is -0.850. The van der Waals surface area contributed by atoms with E-state index in [9.17, 15) is 4.39 Å². The van der Waals surface area contributed by atoms with E-state index in [2.05, 4.69) is 18.8 Å². The van der Waals surface area contributed by atoms with Gasteiger partial charge in [-0.2, -0.15) is 0 Å². The number of nitrogens with zero attached hydrogens (tertiary/aromatic N) is 2. The van der Waals surface area contributed by atoms with Crippen molar-refractivity contribution in [2.75, 3.05) is 13.2 Å². The molecule has 2 heterocycles. The van der Waals surface area contributed by atoms with E-state index >= 15 is 0 Å². The summed E-state index contributed by atoms with van der Waals surface area (Å²) in [6.45, 7) is 6.01. The summed E-state index contributed by atoms with van der Waals surface area (Å²) in [6, 6.07) is 14.6. The molecule has 0 bridgehead atoms. The topological polar surface area (TPSA) is 36.3 Å². The number of ether oxygens (including phenoxy) is 2. The van der Waals surface area contributed by atoms with Crippen LogP contribution in [0.4, 0.5) is 4.39 Å². The molecule has 4 rings (SSSR count). The monoisotopic (exact) mass is 366 g/mol. The van der Waals surface area contributed by atoms with E-state index in [0.717, 1.165) is 16.7 Å². The van der Waals surface area contributed by atoms with E-state index in [1.807, 2.05) is 35.0 Å². The molecular weight excluding hydrogens is 343 g/mol. The number of imidazole rings is 1. The summed E-state index contributed by atoms with van der Waals surface area (Å²) in [4.78, 5) is 4.12. The van der Waals surface area contributed by atoms with Gasteiger partial charge in [-0.1, -0.05) is 50.2 Å². The second-order valence-electron chi connectivity index (χ2n) is 7.81. The molecule has 5 heteroatoms. The van der Waals surface area contributed by atoms with Gasteiger partial charge in [-0.25, -0.2) is 9.37 Å². The quantitative estimate of drug-likeness (QED) is 0.676. The van der Waals surface area contributed by atoms with E-state index in [-0.39, 0.29) is 11.2 Å². The highest BCUT2D eigenvalue weighted by Gasteiger charge is 2.42. The Balaban J connectivity index is 1.64. The van der Waals surface area contributed by atoms with Crippen molar-refractivity contribution in [1.82, 2.24) is 9.55 Å². The number of halogens is 1. The summed E-state index contributed by atoms with van der Waals surface area (Å²) in [7, 11) is 0. The SMILES string of the molecule is CC1(C)COC(Cn2ccnc2)(c2ccc(-c3ccc(F)cc3)cc2)OC1. The molecule has 1 aliphatic rings. The Morgan fingerprint density at radius 3 is 2.11 bits per heavy atom. The number of benzene rings is 2. The van der Waals surface area contributed by atoms with Crippen LogP contribution in [0.25, 0.3) is 11.1 Å². The highest BCUT2D eigenvalue weighted by Crippen LogP contribution is 2.38. The molecule has 0 N–H and O–H groups in total. The molecule has 1 saturated heterocycles. The van der Waals surface area contributed by atoms with Crippen molar-refractivity contribution in [3.63, 3.8) is 0 Å². The van der Waals surface area contributed by atoms with Gasteiger partial charge in [0.25, 0.3) is 0 Å². The van der Waals surface area contributed by atoms with E-state index in [0.29, 0.717) is 19.8 Å². The molecular formula is C22H23FN2O2. The van der Waals surface area contributed by atoms with Gasteiger partial charge >= 0.3 is 0 Å². The fraction of sp³-hybridized carbons (Fsp3) is 0.318. The minimum Gasteiger partial charge on any atom is -0.344 e. The summed E-state index contributed by atoms with van der Waals surface area (Å²) >= 11 is 0. The zero-order valence-electron chi connectivity index (χ0n) is 15.6. The summed E-state index contributed by atoms with van der Waals surface area (Å²) in [5.74, 6) is -1.08. The molecule has 27 heavy (non-hydrogen) atoms. The number of rotatable bonds is 4. The van der Waals surface area contributed by atoms with Gasteiger partial charge in [0.15, 0.2) is 0 Å². The standard InChI is InChI=1S/C22H23FN2O2/c1-21(2)14-26-22(27-15-21,13-25-12-11-24-16-25)19-7-3-17(4-8-19)18-5-9-20(23)10-6-18/h3-12,16H,13-15H2,1-2H3. The van der Waals surface area contributed by atoms with E-state index in [1.165, 1.54) is 12.1 Å². The summed E-state index contributed by atoms with van der Waals surface area (Å²) in [6.07, 6.45) is 5.42. The first-order valence-electron chi connectivity index (χ1n) is 9.06. The molecule has 1 fully saturated rings. The van der Waals surface area contributed by atoms with Gasteiger partial charge in [-0.15, -0.1) is 0 Å². The summed E-state index contributed by atoms with van der Waals surface area (Å²) < 4.78 is 27.7. The van der Waals surface area contributed by atoms with Gasteiger partial charge in [-0.05, 0) is 23.3 Å². The average Bonchev–Trinajstić information content (AvgIpc) is 3.17. The molecule has 4 nitrogen and oxygen atoms in total. The Morgan fingerprint density at radius 2 is 1.56 bits per heavy atom. The van der Waals surface area contributed by atoms with Crippen molar-refractivity contribution in [2.45, 2.75) is 26.2 Å². The fourth-order valence-electron chi connectivity index (χ4n) is 3.24. The van der Waals surface area contributed by atoms with Crippen LogP contribution >= 0.6 is 0 Å². The Bertz CT molecular complexity index is 877. The van der Waals surface area contributed by atoms with Gasteiger partial charge in [-0.3, -0.25) is 0 Å². The van der Waals surface area contributed by atoms with Crippen molar-refractivity contribution >= 4 is 0 Å². The van der Waals surface area contributed by atoms with Crippen molar-refractivity contribution in [3.05, 3.63) is 78.6 Å². The smallest absolute Gasteiger partial charge is 0.213 e. The first-order chi connectivity index (χ1) is 13.0. The fourth-order valence-corrected chi connectivity index (χ4v) is 3.24. The lowest BCUT2D eigenvalue weighted by molar-refractivity contribution is -0.314. The van der Waals surface area contributed by atoms with Crippen LogP contribution in [0, 0.1) is 11.2 Å². The van der Waals surface area contributed by atoms with Crippen LogP contribution in [0.3, 0.4) is 0 Å². The van der Waals surface area contributed by atoms with Crippen LogP contribution in [0.1, 0.15) is 19.4 Å². The maximum Gasteiger partial charge on any atom is 0.213 e. The molecule has 0 unspecified atom stereocenters. The van der Waals surface area contributed by atoms with E-state index in [1.54, 1.807) is 24.7 Å². The van der Waals surface area contributed by atoms with Gasteiger partial charge in [0.05, 0.1) is 26.1 Å². The summed E-state index contributed by atoms with van der Waals surface area (Å²) in [5, 5.41) is 0. The lowest BCUT2D eigenvalue weighted by Crippen LogP contribution is -2.47. The van der Waals surface area contributed by atoms with Crippen LogP contribution in [0.15, 0.2) is 67.3 Å². The van der Waals surface area contributed by atoms with E-state index < -0.39 is 5.79 Å². The van der Waals surface area contributed by atoms with Crippen molar-refractivity contribution in [2.24, 2.45) is 5.41 Å². The summed E-state index contributed by atoms with van der Waals surface area (Å²) in [5.41, 5.74) is 2.93. The lowest BCUT2D eigenvalue weighted by atomic mass is 9.92. The van der Waals surface area contributed by atoms with E-state index in [4.69, 9.17) is 9.47 Å². The van der Waals surface area contributed by atoms with Crippen LogP contribution < -0.4 is 0 Å². The third-order valence-electron chi connectivity index (χ3n) is 4.84. The van der Waals surface area contributed by atoms with Crippen molar-refractivity contribution in [1.29, 1.82) is 0 Å². The zero-order chi connectivity index (χ0) is 18.9. The van der Waals surface area contributed by atoms with Crippen molar-refractivity contribution < 1.29 is 13.9 Å². The Morgan fingerprint density at radius 1 is 0.963 bits per heavy atom. The highest BCUT2D eigenvalue weighted by atomic mass is 19.1. The van der Waals surface area contributed by atoms with Gasteiger partial charge in [0.2, 0.25) is 5.79 Å². The minimum absolute atomic E-state index is 0.0213. The first-order valence-corrected chi connectivity index (χ1v) is 9.06. The average molecular weight is 366 g/mol. The maximum absolute atomic E-state index is 13.2. The molecule has 1 aliphatic heterocycles. The molecule has 0 atom stereocenters. The third kappa shape index (κ3) is 3.80. The van der Waals surface area contributed by atoms with Gasteiger partial charge in [0.1, 0.15) is 5.82 Å². The molecule has 1 aromatic heterocycles. The predicted octanol–water partition coefficient (Wildman–Crippen LogP) is 4.62. The Labute approximate surface area is 158 Å². The number of hydrogen-bond acceptors (Lipinski definition) is 3. The normalized spacial score (nSPS) is 18.3.